The van der Waals surface area contributed by atoms with Crippen LogP contribution in [0.25, 0.3) is 10.4 Å². The standard InChI is InChI=1S/C23H22N4O6S2/c1-11-16(15-9-35-22-20(34-3)24-10-25(15)22)19(26-18(11)17(12(2)28)21(26)29)23(30)33-8-13-4-6-14(7-5-13)27(31)32/h4-7,9-12,17-18,28H,8H2,1-3H3/t11-,12+,17+,18+/m0/s1. The zero-order chi connectivity index (χ0) is 25.0. The number of fused-ring (bicyclic) bond motifs is 2. The molecule has 3 aromatic rings. The Morgan fingerprint density at radius 1 is 1.37 bits per heavy atom. The average Bonchev–Trinajstić information content (AvgIpc) is 3.48. The zero-order valence-corrected chi connectivity index (χ0v) is 20.7. The van der Waals surface area contributed by atoms with E-state index in [1.807, 2.05) is 23.0 Å². The first kappa shape index (κ1) is 23.5. The van der Waals surface area contributed by atoms with Gasteiger partial charge in [-0.05, 0) is 30.9 Å². The molecule has 1 saturated heterocycles. The van der Waals surface area contributed by atoms with Gasteiger partial charge in [0.1, 0.15) is 28.5 Å². The molecule has 0 unspecified atom stereocenters. The molecule has 1 N–H and O–H groups in total. The summed E-state index contributed by atoms with van der Waals surface area (Å²) < 4.78 is 7.49. The molecule has 2 aromatic heterocycles. The van der Waals surface area contributed by atoms with E-state index in [9.17, 15) is 24.8 Å². The Balaban J connectivity index is 1.51. The van der Waals surface area contributed by atoms with Gasteiger partial charge >= 0.3 is 5.97 Å². The number of nitro benzene ring substituents is 1. The molecule has 4 atom stereocenters. The molecule has 35 heavy (non-hydrogen) atoms. The van der Waals surface area contributed by atoms with Crippen LogP contribution >= 0.6 is 23.1 Å². The van der Waals surface area contributed by atoms with Crippen molar-refractivity contribution in [2.75, 3.05) is 6.26 Å². The number of thioether (sulfide) groups is 1. The van der Waals surface area contributed by atoms with E-state index in [0.29, 0.717) is 11.1 Å². The summed E-state index contributed by atoms with van der Waals surface area (Å²) in [6, 6.07) is 5.39. The Morgan fingerprint density at radius 3 is 2.71 bits per heavy atom. The molecule has 12 heteroatoms. The minimum Gasteiger partial charge on any atom is -0.456 e. The molecule has 0 spiro atoms. The molecule has 4 heterocycles. The number of aromatic nitrogens is 2. The smallest absolute Gasteiger partial charge is 0.355 e. The number of esters is 1. The number of rotatable bonds is 7. The maximum atomic E-state index is 13.4. The fourth-order valence-electron chi connectivity index (χ4n) is 4.93. The second kappa shape index (κ2) is 8.77. The van der Waals surface area contributed by atoms with Gasteiger partial charge in [0.05, 0.1) is 28.7 Å². The van der Waals surface area contributed by atoms with Crippen LogP contribution in [-0.4, -0.2) is 54.6 Å². The summed E-state index contributed by atoms with van der Waals surface area (Å²) in [6.45, 7) is 3.43. The van der Waals surface area contributed by atoms with Crippen LogP contribution in [0, 0.1) is 22.0 Å². The number of carbonyl (C=O) groups is 2. The van der Waals surface area contributed by atoms with Crippen molar-refractivity contribution in [3.8, 4) is 0 Å². The third-order valence-corrected chi connectivity index (χ3v) is 8.35. The Bertz CT molecular complexity index is 1380. The fraction of sp³-hybridized carbons (Fsp3) is 0.348. The van der Waals surface area contributed by atoms with Gasteiger partial charge in [-0.15, -0.1) is 23.1 Å². The number of carbonyl (C=O) groups excluding carboxylic acids is 2. The van der Waals surface area contributed by atoms with E-state index in [0.717, 1.165) is 15.6 Å². The lowest BCUT2D eigenvalue weighted by Crippen LogP contribution is -2.63. The highest BCUT2D eigenvalue weighted by molar-refractivity contribution is 7.98. The number of hydrogen-bond acceptors (Lipinski definition) is 9. The van der Waals surface area contributed by atoms with E-state index in [-0.39, 0.29) is 35.9 Å². The molecule has 10 nitrogen and oxygen atoms in total. The molecule has 1 fully saturated rings. The second-order valence-corrected chi connectivity index (χ2v) is 10.2. The van der Waals surface area contributed by atoms with Crippen LogP contribution in [0.4, 0.5) is 5.69 Å². The van der Waals surface area contributed by atoms with E-state index in [1.165, 1.54) is 52.3 Å². The summed E-state index contributed by atoms with van der Waals surface area (Å²) in [7, 11) is 0. The molecule has 2 aliphatic heterocycles. The largest absolute Gasteiger partial charge is 0.456 e. The molecule has 0 bridgehead atoms. The summed E-state index contributed by atoms with van der Waals surface area (Å²) >= 11 is 3.03. The van der Waals surface area contributed by atoms with Crippen molar-refractivity contribution in [3.05, 3.63) is 63.0 Å². The van der Waals surface area contributed by atoms with Gasteiger partial charge in [0.25, 0.3) is 5.69 Å². The van der Waals surface area contributed by atoms with Crippen molar-refractivity contribution < 1.29 is 24.4 Å². The maximum absolute atomic E-state index is 13.4. The molecular formula is C23H22N4O6S2. The lowest BCUT2D eigenvalue weighted by atomic mass is 9.77. The summed E-state index contributed by atoms with van der Waals surface area (Å²) in [5, 5.41) is 23.9. The van der Waals surface area contributed by atoms with Crippen LogP contribution in [0.1, 0.15) is 25.1 Å². The Morgan fingerprint density at radius 2 is 2.09 bits per heavy atom. The lowest BCUT2D eigenvalue weighted by molar-refractivity contribution is -0.384. The SMILES string of the molecule is CSc1ncn2c(C3=C(C(=O)OCc4ccc([N+](=O)[O-])cc4)N4C(=O)[C@H]([C@@H](C)O)[C@H]4[C@H]3C)csc12. The Hall–Kier alpha value is -3.22. The molecule has 182 valence electrons. The average molecular weight is 515 g/mol. The lowest BCUT2D eigenvalue weighted by Gasteiger charge is -2.46. The van der Waals surface area contributed by atoms with Crippen molar-refractivity contribution >= 4 is 51.1 Å². The van der Waals surface area contributed by atoms with E-state index in [2.05, 4.69) is 4.98 Å². The number of β-lactam (4-membered cyclic amide) rings is 1. The van der Waals surface area contributed by atoms with Crippen molar-refractivity contribution in [3.63, 3.8) is 0 Å². The minimum atomic E-state index is -0.846. The third kappa shape index (κ3) is 3.63. The van der Waals surface area contributed by atoms with Crippen molar-refractivity contribution in [2.45, 2.75) is 37.6 Å². The topological polar surface area (TPSA) is 127 Å². The van der Waals surface area contributed by atoms with Crippen molar-refractivity contribution in [1.82, 2.24) is 14.3 Å². The molecule has 0 saturated carbocycles. The van der Waals surface area contributed by atoms with Crippen LogP contribution in [-0.2, 0) is 20.9 Å². The van der Waals surface area contributed by atoms with Gasteiger partial charge < -0.3 is 14.7 Å². The molecule has 1 amide bonds. The molecule has 5 rings (SSSR count). The normalized spacial score (nSPS) is 22.3. The van der Waals surface area contributed by atoms with E-state index in [1.54, 1.807) is 13.3 Å². The summed E-state index contributed by atoms with van der Waals surface area (Å²) in [5.41, 5.74) is 2.14. The van der Waals surface area contributed by atoms with Gasteiger partial charge in [0.15, 0.2) is 0 Å². The second-order valence-electron chi connectivity index (χ2n) is 8.57. The number of imidazole rings is 1. The quantitative estimate of drug-likeness (QED) is 0.167. The van der Waals surface area contributed by atoms with Crippen LogP contribution in [0.5, 0.6) is 0 Å². The number of benzene rings is 1. The Labute approximate surface area is 208 Å². The number of hydrogen-bond donors (Lipinski definition) is 1. The highest BCUT2D eigenvalue weighted by Crippen LogP contribution is 2.51. The van der Waals surface area contributed by atoms with Crippen LogP contribution in [0.3, 0.4) is 0 Å². The number of ether oxygens (including phenoxy) is 1. The predicted octanol–water partition coefficient (Wildman–Crippen LogP) is 3.34. The highest BCUT2D eigenvalue weighted by Gasteiger charge is 2.60. The van der Waals surface area contributed by atoms with Gasteiger partial charge in [0, 0.05) is 29.0 Å². The van der Waals surface area contributed by atoms with Crippen LogP contribution in [0.15, 0.2) is 46.7 Å². The van der Waals surface area contributed by atoms with Crippen molar-refractivity contribution in [1.29, 1.82) is 0 Å². The van der Waals surface area contributed by atoms with Crippen LogP contribution in [0.2, 0.25) is 0 Å². The fourth-order valence-corrected chi connectivity index (χ4v) is 6.63. The number of aliphatic hydroxyl groups is 1. The summed E-state index contributed by atoms with van der Waals surface area (Å²) in [5.74, 6) is -1.78. The number of amides is 1. The number of aliphatic hydroxyl groups excluding tert-OH is 1. The predicted molar refractivity (Wildman–Crippen MR) is 130 cm³/mol. The first-order valence-electron chi connectivity index (χ1n) is 10.9. The number of thiazole rings is 1. The number of nitrogens with zero attached hydrogens (tertiary/aromatic N) is 4. The first-order chi connectivity index (χ1) is 16.7. The van der Waals surface area contributed by atoms with Gasteiger partial charge in [-0.1, -0.05) is 6.92 Å². The van der Waals surface area contributed by atoms with Crippen LogP contribution < -0.4 is 0 Å². The van der Waals surface area contributed by atoms with E-state index in [4.69, 9.17) is 4.74 Å². The first-order valence-corrected chi connectivity index (χ1v) is 13.0. The maximum Gasteiger partial charge on any atom is 0.355 e. The minimum absolute atomic E-state index is 0.0562. The van der Waals surface area contributed by atoms with Gasteiger partial charge in [-0.25, -0.2) is 9.78 Å². The zero-order valence-electron chi connectivity index (χ0n) is 19.1. The molecule has 1 aromatic carbocycles. The van der Waals surface area contributed by atoms with E-state index < -0.39 is 22.9 Å². The number of nitro groups is 1. The van der Waals surface area contributed by atoms with Crippen molar-refractivity contribution in [2.24, 2.45) is 11.8 Å². The summed E-state index contributed by atoms with van der Waals surface area (Å²) in [4.78, 5) is 43.6. The molecule has 0 aliphatic carbocycles. The highest BCUT2D eigenvalue weighted by atomic mass is 32.2. The molecular weight excluding hydrogens is 492 g/mol. The third-order valence-electron chi connectivity index (χ3n) is 6.59. The van der Waals surface area contributed by atoms with Gasteiger partial charge in [-0.2, -0.15) is 0 Å². The Kier molecular flexibility index (Phi) is 5.90. The monoisotopic (exact) mass is 514 g/mol. The molecule has 0 radical (unpaired) electrons. The number of non-ortho nitro benzene ring substituents is 1. The van der Waals surface area contributed by atoms with E-state index >= 15 is 0 Å². The molecule has 2 aliphatic rings. The van der Waals surface area contributed by atoms with Gasteiger partial charge in [-0.3, -0.25) is 19.3 Å². The summed E-state index contributed by atoms with van der Waals surface area (Å²) in [6.07, 6.45) is 2.80. The van der Waals surface area contributed by atoms with Gasteiger partial charge in [0.2, 0.25) is 5.91 Å².